The second-order valence-corrected chi connectivity index (χ2v) is 2.92. The normalized spacial score (nSPS) is 9.50. The predicted octanol–water partition coefficient (Wildman–Crippen LogP) is 1.39. The van der Waals surface area contributed by atoms with Crippen molar-refractivity contribution in [3.63, 3.8) is 0 Å². The van der Waals surface area contributed by atoms with E-state index in [0.717, 1.165) is 12.2 Å². The van der Waals surface area contributed by atoms with E-state index in [-0.39, 0.29) is 5.91 Å². The molecular weight excluding hydrogens is 178 g/mol. The minimum atomic E-state index is -0.00181. The molecule has 75 valence electrons. The van der Waals surface area contributed by atoms with Crippen LogP contribution in [0.25, 0.3) is 0 Å². The number of nitrogens with one attached hydrogen (secondary N) is 1. The van der Waals surface area contributed by atoms with Gasteiger partial charge in [-0.05, 0) is 24.6 Å². The summed E-state index contributed by atoms with van der Waals surface area (Å²) in [5.74, 6) is 0.813. The van der Waals surface area contributed by atoms with Crippen LogP contribution in [0.5, 0.6) is 5.75 Å². The van der Waals surface area contributed by atoms with Gasteiger partial charge in [-0.15, -0.1) is 0 Å². The summed E-state index contributed by atoms with van der Waals surface area (Å²) in [5, 5.41) is 2.71. The lowest BCUT2D eigenvalue weighted by Crippen LogP contribution is -2.22. The Morgan fingerprint density at radius 3 is 3.14 bits per heavy atom. The van der Waals surface area contributed by atoms with E-state index in [1.165, 1.54) is 6.92 Å². The molecule has 1 N–H and O–H groups in total. The molecule has 1 radical (unpaired) electrons. The minimum absolute atomic E-state index is 0.00181. The van der Waals surface area contributed by atoms with Crippen LogP contribution < -0.4 is 10.1 Å². The molecule has 1 aromatic rings. The molecule has 0 saturated carbocycles. The largest absolute Gasteiger partial charge is 0.494 e. The quantitative estimate of drug-likeness (QED) is 0.716. The third kappa shape index (κ3) is 4.50. The number of hydrogen-bond acceptors (Lipinski definition) is 2. The average Bonchev–Trinajstić information content (AvgIpc) is 2.18. The molecule has 0 fully saturated rings. The Kier molecular flexibility index (Phi) is 4.55. The van der Waals surface area contributed by atoms with E-state index >= 15 is 0 Å². The number of carbonyl (C=O) groups excluding carboxylic acids is 1. The zero-order valence-electron chi connectivity index (χ0n) is 8.25. The third-order valence-corrected chi connectivity index (χ3v) is 1.64. The van der Waals surface area contributed by atoms with Crippen molar-refractivity contribution in [3.8, 4) is 5.75 Å². The third-order valence-electron chi connectivity index (χ3n) is 1.64. The summed E-state index contributed by atoms with van der Waals surface area (Å²) in [6, 6.07) is 10.3. The summed E-state index contributed by atoms with van der Waals surface area (Å²) >= 11 is 0. The maximum Gasteiger partial charge on any atom is 0.216 e. The first kappa shape index (κ1) is 10.6. The van der Waals surface area contributed by atoms with Crippen LogP contribution in [0.4, 0.5) is 0 Å². The molecule has 0 aliphatic carbocycles. The minimum Gasteiger partial charge on any atom is -0.494 e. The van der Waals surface area contributed by atoms with Gasteiger partial charge in [-0.3, -0.25) is 4.79 Å². The number of ether oxygens (including phenoxy) is 1. The van der Waals surface area contributed by atoms with E-state index in [0.29, 0.717) is 13.2 Å². The molecule has 0 atom stereocenters. The summed E-state index contributed by atoms with van der Waals surface area (Å²) in [7, 11) is 0. The number of carbonyl (C=O) groups is 1. The van der Waals surface area contributed by atoms with Crippen LogP contribution >= 0.6 is 0 Å². The van der Waals surface area contributed by atoms with E-state index in [2.05, 4.69) is 11.4 Å². The maximum atomic E-state index is 10.5. The van der Waals surface area contributed by atoms with Crippen LogP contribution in [-0.2, 0) is 4.79 Å². The molecule has 3 nitrogen and oxygen atoms in total. The molecular formula is C11H14NO2. The van der Waals surface area contributed by atoms with Crippen molar-refractivity contribution in [2.45, 2.75) is 13.3 Å². The Labute approximate surface area is 84.1 Å². The lowest BCUT2D eigenvalue weighted by atomic mass is 10.3. The number of amides is 1. The van der Waals surface area contributed by atoms with Gasteiger partial charge in [-0.25, -0.2) is 0 Å². The van der Waals surface area contributed by atoms with E-state index < -0.39 is 0 Å². The highest BCUT2D eigenvalue weighted by atomic mass is 16.5. The summed E-state index contributed by atoms with van der Waals surface area (Å²) in [4.78, 5) is 10.5. The van der Waals surface area contributed by atoms with Crippen molar-refractivity contribution in [2.24, 2.45) is 0 Å². The Hall–Kier alpha value is -1.51. The van der Waals surface area contributed by atoms with Crippen molar-refractivity contribution >= 4 is 5.91 Å². The fraction of sp³-hybridized carbons (Fsp3) is 0.364. The first-order chi connectivity index (χ1) is 6.79. The molecule has 3 heteroatoms. The topological polar surface area (TPSA) is 38.3 Å². The van der Waals surface area contributed by atoms with Crippen molar-refractivity contribution in [1.29, 1.82) is 0 Å². The Bertz CT molecular complexity index is 272. The van der Waals surface area contributed by atoms with Gasteiger partial charge in [0.15, 0.2) is 0 Å². The first-order valence-corrected chi connectivity index (χ1v) is 4.62. The molecule has 1 rings (SSSR count). The van der Waals surface area contributed by atoms with Crippen LogP contribution in [0, 0.1) is 6.07 Å². The van der Waals surface area contributed by atoms with Crippen molar-refractivity contribution in [2.75, 3.05) is 13.2 Å². The average molecular weight is 192 g/mol. The molecule has 0 unspecified atom stereocenters. The zero-order valence-corrected chi connectivity index (χ0v) is 8.25. The van der Waals surface area contributed by atoms with Gasteiger partial charge in [0.25, 0.3) is 0 Å². The van der Waals surface area contributed by atoms with Crippen LogP contribution in [-0.4, -0.2) is 19.1 Å². The highest BCUT2D eigenvalue weighted by Crippen LogP contribution is 2.07. The summed E-state index contributed by atoms with van der Waals surface area (Å²) in [6.07, 6.45) is 0.814. The smallest absolute Gasteiger partial charge is 0.216 e. The lowest BCUT2D eigenvalue weighted by molar-refractivity contribution is -0.118. The van der Waals surface area contributed by atoms with Gasteiger partial charge >= 0.3 is 0 Å². The summed E-state index contributed by atoms with van der Waals surface area (Å²) in [5.41, 5.74) is 0. The van der Waals surface area contributed by atoms with Gasteiger partial charge in [0, 0.05) is 13.5 Å². The van der Waals surface area contributed by atoms with Crippen LogP contribution in [0.15, 0.2) is 24.3 Å². The highest BCUT2D eigenvalue weighted by molar-refractivity contribution is 5.72. The molecule has 0 aliphatic heterocycles. The van der Waals surface area contributed by atoms with Gasteiger partial charge in [-0.2, -0.15) is 0 Å². The molecule has 0 aliphatic rings. The lowest BCUT2D eigenvalue weighted by Gasteiger charge is -2.05. The molecule has 0 spiro atoms. The monoisotopic (exact) mass is 192 g/mol. The van der Waals surface area contributed by atoms with Gasteiger partial charge < -0.3 is 10.1 Å². The molecule has 0 aromatic heterocycles. The van der Waals surface area contributed by atoms with Gasteiger partial charge in [0.1, 0.15) is 5.75 Å². The molecule has 0 bridgehead atoms. The second kappa shape index (κ2) is 6.02. The molecule has 14 heavy (non-hydrogen) atoms. The number of hydrogen-bond donors (Lipinski definition) is 1. The second-order valence-electron chi connectivity index (χ2n) is 2.92. The zero-order chi connectivity index (χ0) is 10.2. The highest BCUT2D eigenvalue weighted by Gasteiger charge is 1.92. The Morgan fingerprint density at radius 2 is 2.50 bits per heavy atom. The van der Waals surface area contributed by atoms with E-state index in [1.807, 2.05) is 18.2 Å². The number of benzene rings is 1. The van der Waals surface area contributed by atoms with Crippen LogP contribution in [0.2, 0.25) is 0 Å². The Morgan fingerprint density at radius 1 is 1.64 bits per heavy atom. The van der Waals surface area contributed by atoms with Crippen LogP contribution in [0.1, 0.15) is 13.3 Å². The van der Waals surface area contributed by atoms with Crippen molar-refractivity contribution in [3.05, 3.63) is 30.3 Å². The first-order valence-electron chi connectivity index (χ1n) is 4.62. The molecule has 1 aromatic carbocycles. The van der Waals surface area contributed by atoms with E-state index in [9.17, 15) is 4.79 Å². The van der Waals surface area contributed by atoms with Gasteiger partial charge in [-0.1, -0.05) is 12.1 Å². The van der Waals surface area contributed by atoms with Gasteiger partial charge in [0.05, 0.1) is 6.61 Å². The molecule has 0 saturated heterocycles. The molecule has 0 heterocycles. The number of rotatable bonds is 5. The summed E-state index contributed by atoms with van der Waals surface area (Å²) < 4.78 is 5.41. The van der Waals surface area contributed by atoms with E-state index in [1.54, 1.807) is 6.07 Å². The maximum absolute atomic E-state index is 10.5. The van der Waals surface area contributed by atoms with Gasteiger partial charge in [0.2, 0.25) is 5.91 Å². The molecule has 1 amide bonds. The standard InChI is InChI=1S/C11H14NO2/c1-10(13)12-8-5-9-14-11-6-3-2-4-7-11/h2-3,6-7H,5,8-9H2,1H3,(H,12,13). The van der Waals surface area contributed by atoms with E-state index in [4.69, 9.17) is 4.74 Å². The fourth-order valence-electron chi connectivity index (χ4n) is 0.993. The predicted molar refractivity (Wildman–Crippen MR) is 54.1 cm³/mol. The van der Waals surface area contributed by atoms with Crippen LogP contribution in [0.3, 0.4) is 0 Å². The van der Waals surface area contributed by atoms with Crippen molar-refractivity contribution in [1.82, 2.24) is 5.32 Å². The fourth-order valence-corrected chi connectivity index (χ4v) is 0.993. The van der Waals surface area contributed by atoms with Crippen molar-refractivity contribution < 1.29 is 9.53 Å². The summed E-state index contributed by atoms with van der Waals surface area (Å²) in [6.45, 7) is 2.77. The SMILES string of the molecule is CC(=O)NCCCOc1c[c]ccc1. The Balaban J connectivity index is 2.08.